The number of aliphatic carboxylic acids is 1. The second-order valence-corrected chi connectivity index (χ2v) is 8.55. The van der Waals surface area contributed by atoms with Crippen molar-refractivity contribution < 1.29 is 29.4 Å². The van der Waals surface area contributed by atoms with Gasteiger partial charge in [0.25, 0.3) is 0 Å². The monoisotopic (exact) mass is 448 g/mol. The Bertz CT molecular complexity index is 589. The highest BCUT2D eigenvalue weighted by atomic mass is 32.2. The van der Waals surface area contributed by atoms with E-state index in [0.717, 1.165) is 0 Å². The first-order valence-corrected chi connectivity index (χ1v) is 11.4. The summed E-state index contributed by atoms with van der Waals surface area (Å²) in [5.41, 5.74) is 5.95. The van der Waals surface area contributed by atoms with E-state index < -0.39 is 54.5 Å². The predicted molar refractivity (Wildman–Crippen MR) is 116 cm³/mol. The number of hydrogen-bond acceptors (Lipinski definition) is 7. The highest BCUT2D eigenvalue weighted by Crippen LogP contribution is 2.09. The van der Waals surface area contributed by atoms with Crippen molar-refractivity contribution in [1.82, 2.24) is 16.0 Å². The molecule has 7 N–H and O–H groups in total. The molecule has 5 atom stereocenters. The summed E-state index contributed by atoms with van der Waals surface area (Å²) in [5, 5.41) is 25.6. The number of aliphatic hydroxyl groups is 1. The van der Waals surface area contributed by atoms with Crippen LogP contribution in [0.2, 0.25) is 0 Å². The molecule has 10 nitrogen and oxygen atoms in total. The molecule has 0 spiro atoms. The molecule has 0 aliphatic carbocycles. The average molecular weight is 449 g/mol. The molecule has 0 aromatic heterocycles. The molecule has 0 fully saturated rings. The molecule has 0 aromatic rings. The van der Waals surface area contributed by atoms with Crippen LogP contribution in [0.5, 0.6) is 0 Å². The van der Waals surface area contributed by atoms with Crippen molar-refractivity contribution in [2.45, 2.75) is 64.7 Å². The van der Waals surface area contributed by atoms with Gasteiger partial charge in [0.15, 0.2) is 0 Å². The normalized spacial score (nSPS) is 16.1. The van der Waals surface area contributed by atoms with Crippen LogP contribution in [0.4, 0.5) is 0 Å². The van der Waals surface area contributed by atoms with Gasteiger partial charge in [-0.25, -0.2) is 4.79 Å². The van der Waals surface area contributed by atoms with Gasteiger partial charge in [0, 0.05) is 0 Å². The van der Waals surface area contributed by atoms with Crippen LogP contribution < -0.4 is 21.7 Å². The Hall–Kier alpha value is -1.85. The van der Waals surface area contributed by atoms with Gasteiger partial charge in [-0.1, -0.05) is 34.1 Å². The van der Waals surface area contributed by atoms with E-state index in [2.05, 4.69) is 16.0 Å². The van der Waals surface area contributed by atoms with Crippen molar-refractivity contribution in [1.29, 1.82) is 0 Å². The molecule has 0 aliphatic heterocycles. The molecule has 0 saturated carbocycles. The number of nitrogens with one attached hydrogen (secondary N) is 3. The first-order valence-electron chi connectivity index (χ1n) is 9.99. The summed E-state index contributed by atoms with van der Waals surface area (Å²) >= 11 is 1.50. The lowest BCUT2D eigenvalue weighted by Crippen LogP contribution is -2.59. The standard InChI is InChI=1S/C19H36N4O6S/c1-6-11(4)14(20)17(26)21-12(7-8-30-5)16(25)23-15(10(2)3)18(27)22-13(9-24)19(28)29/h10-15,24H,6-9,20H2,1-5H3,(H,21,26)(H,22,27)(H,23,25)(H,28,29). The van der Waals surface area contributed by atoms with E-state index in [4.69, 9.17) is 15.9 Å². The fraction of sp³-hybridized carbons (Fsp3) is 0.789. The summed E-state index contributed by atoms with van der Waals surface area (Å²) in [5.74, 6) is -2.94. The van der Waals surface area contributed by atoms with Crippen molar-refractivity contribution in [2.75, 3.05) is 18.6 Å². The maximum atomic E-state index is 12.8. The zero-order valence-electron chi connectivity index (χ0n) is 18.3. The summed E-state index contributed by atoms with van der Waals surface area (Å²) in [7, 11) is 0. The molecule has 0 bridgehead atoms. The molecule has 3 amide bonds. The Labute approximate surface area is 182 Å². The lowest BCUT2D eigenvalue weighted by Gasteiger charge is -2.27. The number of thioether (sulfide) groups is 1. The molecule has 0 radical (unpaired) electrons. The number of nitrogens with two attached hydrogens (primary N) is 1. The second-order valence-electron chi connectivity index (χ2n) is 7.57. The Morgan fingerprint density at radius 3 is 1.97 bits per heavy atom. The van der Waals surface area contributed by atoms with E-state index in [1.54, 1.807) is 13.8 Å². The highest BCUT2D eigenvalue weighted by molar-refractivity contribution is 7.98. The van der Waals surface area contributed by atoms with Crippen LogP contribution in [0.25, 0.3) is 0 Å². The smallest absolute Gasteiger partial charge is 0.328 e. The van der Waals surface area contributed by atoms with Gasteiger partial charge >= 0.3 is 5.97 Å². The third-order valence-corrected chi connectivity index (χ3v) is 5.49. The van der Waals surface area contributed by atoms with Gasteiger partial charge in [0.2, 0.25) is 17.7 Å². The van der Waals surface area contributed by atoms with E-state index in [9.17, 15) is 19.2 Å². The second kappa shape index (κ2) is 14.2. The van der Waals surface area contributed by atoms with Gasteiger partial charge in [-0.2, -0.15) is 11.8 Å². The fourth-order valence-electron chi connectivity index (χ4n) is 2.52. The van der Waals surface area contributed by atoms with Crippen LogP contribution in [0.3, 0.4) is 0 Å². The molecular weight excluding hydrogens is 412 g/mol. The van der Waals surface area contributed by atoms with Crippen LogP contribution in [0.1, 0.15) is 40.5 Å². The van der Waals surface area contributed by atoms with E-state index in [0.29, 0.717) is 18.6 Å². The minimum absolute atomic E-state index is 0.0603. The predicted octanol–water partition coefficient (Wildman–Crippen LogP) is -0.700. The summed E-state index contributed by atoms with van der Waals surface area (Å²) in [6, 6.07) is -4.16. The summed E-state index contributed by atoms with van der Waals surface area (Å²) in [4.78, 5) is 48.8. The molecule has 5 unspecified atom stereocenters. The lowest BCUT2D eigenvalue weighted by molar-refractivity contribution is -0.143. The van der Waals surface area contributed by atoms with Crippen molar-refractivity contribution >= 4 is 35.5 Å². The highest BCUT2D eigenvalue weighted by Gasteiger charge is 2.32. The van der Waals surface area contributed by atoms with Gasteiger partial charge in [0.05, 0.1) is 12.6 Å². The number of amides is 3. The number of carboxylic acid groups (broad SMARTS) is 1. The zero-order valence-corrected chi connectivity index (χ0v) is 19.1. The van der Waals surface area contributed by atoms with Gasteiger partial charge in [-0.05, 0) is 30.3 Å². The lowest BCUT2D eigenvalue weighted by atomic mass is 9.98. The van der Waals surface area contributed by atoms with Crippen molar-refractivity contribution in [2.24, 2.45) is 17.6 Å². The quantitative estimate of drug-likeness (QED) is 0.202. The third kappa shape index (κ3) is 9.31. The van der Waals surface area contributed by atoms with Crippen molar-refractivity contribution in [3.05, 3.63) is 0 Å². The number of carbonyl (C=O) groups is 4. The molecular formula is C19H36N4O6S. The summed E-state index contributed by atoms with van der Waals surface area (Å²) in [6.07, 6.45) is 2.92. The van der Waals surface area contributed by atoms with Gasteiger partial charge in [0.1, 0.15) is 18.1 Å². The number of hydrogen-bond donors (Lipinski definition) is 6. The molecule has 0 rings (SSSR count). The van der Waals surface area contributed by atoms with E-state index >= 15 is 0 Å². The van der Waals surface area contributed by atoms with Crippen LogP contribution in [0.15, 0.2) is 0 Å². The molecule has 0 aliphatic rings. The Morgan fingerprint density at radius 1 is 0.967 bits per heavy atom. The SMILES string of the molecule is CCC(C)C(N)C(=O)NC(CCSC)C(=O)NC(C(=O)NC(CO)C(=O)O)C(C)C. The van der Waals surface area contributed by atoms with Crippen molar-refractivity contribution in [3.8, 4) is 0 Å². The largest absolute Gasteiger partial charge is 0.480 e. The first kappa shape index (κ1) is 28.1. The number of carboxylic acids is 1. The van der Waals surface area contributed by atoms with E-state index in [1.165, 1.54) is 11.8 Å². The van der Waals surface area contributed by atoms with Crippen LogP contribution in [-0.2, 0) is 19.2 Å². The summed E-state index contributed by atoms with van der Waals surface area (Å²) < 4.78 is 0. The minimum atomic E-state index is -1.48. The van der Waals surface area contributed by atoms with Gasteiger partial charge in [-0.15, -0.1) is 0 Å². The number of aliphatic hydroxyl groups excluding tert-OH is 1. The van der Waals surface area contributed by atoms with Crippen LogP contribution >= 0.6 is 11.8 Å². The van der Waals surface area contributed by atoms with E-state index in [1.807, 2.05) is 20.1 Å². The molecule has 0 heterocycles. The van der Waals surface area contributed by atoms with E-state index in [-0.39, 0.29) is 11.8 Å². The average Bonchev–Trinajstić information content (AvgIpc) is 2.70. The fourth-order valence-corrected chi connectivity index (χ4v) is 2.99. The zero-order chi connectivity index (χ0) is 23.4. The molecule has 0 saturated heterocycles. The number of carbonyl (C=O) groups excluding carboxylic acids is 3. The van der Waals surface area contributed by atoms with Gasteiger partial charge < -0.3 is 31.9 Å². The third-order valence-electron chi connectivity index (χ3n) is 4.85. The Balaban J connectivity index is 5.33. The Morgan fingerprint density at radius 2 is 1.53 bits per heavy atom. The topological polar surface area (TPSA) is 171 Å². The maximum absolute atomic E-state index is 12.8. The van der Waals surface area contributed by atoms with Gasteiger partial charge in [-0.3, -0.25) is 14.4 Å². The molecule has 0 aromatic carbocycles. The maximum Gasteiger partial charge on any atom is 0.328 e. The van der Waals surface area contributed by atoms with Crippen molar-refractivity contribution in [3.63, 3.8) is 0 Å². The number of rotatable bonds is 14. The minimum Gasteiger partial charge on any atom is -0.480 e. The Kier molecular flexibility index (Phi) is 13.3. The molecule has 174 valence electrons. The molecule has 30 heavy (non-hydrogen) atoms. The molecule has 11 heteroatoms. The summed E-state index contributed by atoms with van der Waals surface area (Å²) in [6.45, 7) is 6.36. The first-order chi connectivity index (χ1) is 14.0. The van der Waals surface area contributed by atoms with Crippen LogP contribution in [0, 0.1) is 11.8 Å². The van der Waals surface area contributed by atoms with Crippen LogP contribution in [-0.4, -0.2) is 76.7 Å².